The van der Waals surface area contributed by atoms with Gasteiger partial charge in [-0.15, -0.1) is 11.3 Å². The summed E-state index contributed by atoms with van der Waals surface area (Å²) in [4.78, 5) is 4.38. The molecule has 0 aliphatic rings. The Balaban J connectivity index is 2.39. The van der Waals surface area contributed by atoms with Crippen LogP contribution in [-0.4, -0.2) is 28.3 Å². The van der Waals surface area contributed by atoms with Crippen LogP contribution < -0.4 is 5.32 Å². The van der Waals surface area contributed by atoms with Gasteiger partial charge < -0.3 is 10.4 Å². The second-order valence-corrected chi connectivity index (χ2v) is 5.95. The van der Waals surface area contributed by atoms with Gasteiger partial charge in [0.1, 0.15) is 0 Å². The maximum atomic E-state index is 10.2. The summed E-state index contributed by atoms with van der Waals surface area (Å²) < 4.78 is 0. The lowest BCUT2D eigenvalue weighted by molar-refractivity contribution is 0.0502. The van der Waals surface area contributed by atoms with Crippen molar-refractivity contribution >= 4 is 11.3 Å². The normalized spacial score (nSPS) is 15.4. The molecule has 0 fully saturated rings. The van der Waals surface area contributed by atoms with E-state index in [1.54, 1.807) is 11.3 Å². The second-order valence-electron chi connectivity index (χ2n) is 4.89. The van der Waals surface area contributed by atoms with Gasteiger partial charge in [-0.2, -0.15) is 0 Å². The van der Waals surface area contributed by atoms with Crippen molar-refractivity contribution in [2.75, 3.05) is 6.54 Å². The Morgan fingerprint density at radius 2 is 2.25 bits per heavy atom. The number of aromatic nitrogens is 1. The van der Waals surface area contributed by atoms with E-state index in [0.717, 1.165) is 23.7 Å². The Labute approximate surface area is 102 Å². The van der Waals surface area contributed by atoms with E-state index in [1.165, 1.54) is 0 Å². The molecule has 2 N–H and O–H groups in total. The summed E-state index contributed by atoms with van der Waals surface area (Å²) in [6.45, 7) is 8.93. The maximum Gasteiger partial charge on any atom is 0.0897 e. The highest BCUT2D eigenvalue weighted by Gasteiger charge is 2.21. The van der Waals surface area contributed by atoms with Gasteiger partial charge in [-0.1, -0.05) is 13.8 Å². The van der Waals surface area contributed by atoms with Crippen molar-refractivity contribution in [3.8, 4) is 0 Å². The van der Waals surface area contributed by atoms with Crippen LogP contribution >= 0.6 is 11.3 Å². The topological polar surface area (TPSA) is 45.2 Å². The molecule has 0 aromatic carbocycles. The smallest absolute Gasteiger partial charge is 0.0897 e. The Morgan fingerprint density at radius 3 is 2.75 bits per heavy atom. The van der Waals surface area contributed by atoms with E-state index in [-0.39, 0.29) is 0 Å². The summed E-state index contributed by atoms with van der Waals surface area (Å²) in [7, 11) is 0. The van der Waals surface area contributed by atoms with E-state index in [2.05, 4.69) is 24.1 Å². The molecule has 0 saturated carbocycles. The lowest BCUT2D eigenvalue weighted by atomic mass is 9.96. The summed E-state index contributed by atoms with van der Waals surface area (Å²) in [5.74, 6) is 0. The van der Waals surface area contributed by atoms with Crippen LogP contribution in [0.2, 0.25) is 0 Å². The van der Waals surface area contributed by atoms with E-state index in [4.69, 9.17) is 0 Å². The Morgan fingerprint density at radius 1 is 1.56 bits per heavy atom. The first-order valence-corrected chi connectivity index (χ1v) is 6.64. The van der Waals surface area contributed by atoms with Crippen LogP contribution in [0.3, 0.4) is 0 Å². The molecule has 1 unspecified atom stereocenters. The Kier molecular flexibility index (Phi) is 4.89. The minimum Gasteiger partial charge on any atom is -0.390 e. The zero-order chi connectivity index (χ0) is 12.2. The molecule has 4 heteroatoms. The Bertz CT molecular complexity index is 321. The van der Waals surface area contributed by atoms with Gasteiger partial charge in [-0.25, -0.2) is 4.98 Å². The third kappa shape index (κ3) is 5.05. The number of rotatable bonds is 6. The van der Waals surface area contributed by atoms with Crippen molar-refractivity contribution in [2.24, 2.45) is 0 Å². The zero-order valence-electron chi connectivity index (χ0n) is 10.6. The number of thiazole rings is 1. The molecule has 0 amide bonds. The van der Waals surface area contributed by atoms with Crippen molar-refractivity contribution in [3.05, 3.63) is 16.1 Å². The van der Waals surface area contributed by atoms with Crippen LogP contribution in [0.15, 0.2) is 5.38 Å². The maximum absolute atomic E-state index is 10.2. The molecule has 0 bridgehead atoms. The molecule has 1 rings (SSSR count). The highest BCUT2D eigenvalue weighted by Crippen LogP contribution is 2.18. The monoisotopic (exact) mass is 242 g/mol. The molecule has 1 heterocycles. The van der Waals surface area contributed by atoms with Gasteiger partial charge >= 0.3 is 0 Å². The second kappa shape index (κ2) is 5.75. The van der Waals surface area contributed by atoms with Crippen molar-refractivity contribution < 1.29 is 5.11 Å². The first-order valence-electron chi connectivity index (χ1n) is 5.76. The molecular formula is C12H22N2OS. The summed E-state index contributed by atoms with van der Waals surface area (Å²) >= 11 is 1.64. The fourth-order valence-corrected chi connectivity index (χ4v) is 2.21. The molecule has 0 aliphatic carbocycles. The Hall–Kier alpha value is -0.450. The van der Waals surface area contributed by atoms with Crippen LogP contribution in [-0.2, 0) is 6.42 Å². The minimum absolute atomic E-state index is 0.470. The molecule has 16 heavy (non-hydrogen) atoms. The van der Waals surface area contributed by atoms with Crippen LogP contribution in [0.1, 0.15) is 37.9 Å². The molecule has 1 aromatic heterocycles. The molecule has 0 aliphatic heterocycles. The first kappa shape index (κ1) is 13.6. The predicted molar refractivity (Wildman–Crippen MR) is 68.9 cm³/mol. The lowest BCUT2D eigenvalue weighted by Gasteiger charge is -2.23. The van der Waals surface area contributed by atoms with E-state index in [1.807, 2.05) is 19.2 Å². The molecule has 92 valence electrons. The number of nitrogens with one attached hydrogen (secondary N) is 1. The fourth-order valence-electron chi connectivity index (χ4n) is 1.60. The van der Waals surface area contributed by atoms with E-state index >= 15 is 0 Å². The molecule has 0 saturated heterocycles. The molecule has 1 aromatic rings. The third-order valence-electron chi connectivity index (χ3n) is 2.44. The predicted octanol–water partition coefficient (Wildman–Crippen LogP) is 2.13. The van der Waals surface area contributed by atoms with Gasteiger partial charge in [0.15, 0.2) is 0 Å². The van der Waals surface area contributed by atoms with Crippen molar-refractivity contribution in [3.63, 3.8) is 0 Å². The van der Waals surface area contributed by atoms with Crippen LogP contribution in [0.25, 0.3) is 0 Å². The van der Waals surface area contributed by atoms with E-state index in [9.17, 15) is 5.11 Å². The summed E-state index contributed by atoms with van der Waals surface area (Å²) in [6, 6.07) is 0.470. The summed E-state index contributed by atoms with van der Waals surface area (Å²) in [6.07, 6.45) is 1.39. The lowest BCUT2D eigenvalue weighted by Crippen LogP contribution is -2.34. The van der Waals surface area contributed by atoms with Crippen LogP contribution in [0.5, 0.6) is 0 Å². The van der Waals surface area contributed by atoms with Gasteiger partial charge in [0.05, 0.1) is 16.3 Å². The molecule has 0 radical (unpaired) electrons. The summed E-state index contributed by atoms with van der Waals surface area (Å²) in [5, 5.41) is 16.6. The number of hydrogen-bond acceptors (Lipinski definition) is 4. The number of aliphatic hydroxyl groups is 1. The summed E-state index contributed by atoms with van der Waals surface area (Å²) in [5.41, 5.74) is 0.333. The number of nitrogens with zero attached hydrogens (tertiary/aromatic N) is 1. The number of hydrogen-bond donors (Lipinski definition) is 2. The molecule has 3 nitrogen and oxygen atoms in total. The van der Waals surface area contributed by atoms with Gasteiger partial charge in [-0.05, 0) is 26.8 Å². The zero-order valence-corrected chi connectivity index (χ0v) is 11.4. The quantitative estimate of drug-likeness (QED) is 0.803. The van der Waals surface area contributed by atoms with E-state index in [0.29, 0.717) is 12.5 Å². The first-order chi connectivity index (χ1) is 7.39. The van der Waals surface area contributed by atoms with Gasteiger partial charge in [0, 0.05) is 17.8 Å². The van der Waals surface area contributed by atoms with Gasteiger partial charge in [0.25, 0.3) is 0 Å². The van der Waals surface area contributed by atoms with Crippen LogP contribution in [0, 0.1) is 6.92 Å². The third-order valence-corrected chi connectivity index (χ3v) is 3.27. The minimum atomic E-state index is -0.664. The fraction of sp³-hybridized carbons (Fsp3) is 0.750. The van der Waals surface area contributed by atoms with E-state index < -0.39 is 5.60 Å². The molecule has 0 spiro atoms. The highest BCUT2D eigenvalue weighted by atomic mass is 32.1. The average Bonchev–Trinajstić information content (AvgIpc) is 2.48. The number of aryl methyl sites for hydroxylation is 1. The molecular weight excluding hydrogens is 220 g/mol. The standard InChI is InChI=1S/C12H22N2OS/c1-9(2)13-6-5-12(4,15)7-11-8-16-10(3)14-11/h8-9,13,15H,5-7H2,1-4H3. The average molecular weight is 242 g/mol. The van der Waals surface area contributed by atoms with Gasteiger partial charge in [0.2, 0.25) is 0 Å². The van der Waals surface area contributed by atoms with Crippen molar-refractivity contribution in [2.45, 2.75) is 52.2 Å². The van der Waals surface area contributed by atoms with Crippen molar-refractivity contribution in [1.29, 1.82) is 0 Å². The largest absolute Gasteiger partial charge is 0.390 e. The van der Waals surface area contributed by atoms with Crippen molar-refractivity contribution in [1.82, 2.24) is 10.3 Å². The molecule has 1 atom stereocenters. The van der Waals surface area contributed by atoms with Gasteiger partial charge in [-0.3, -0.25) is 0 Å². The van der Waals surface area contributed by atoms with Crippen LogP contribution in [0.4, 0.5) is 0 Å². The highest BCUT2D eigenvalue weighted by molar-refractivity contribution is 7.09. The SMILES string of the molecule is Cc1nc(CC(C)(O)CCNC(C)C)cs1.